The first-order valence-corrected chi connectivity index (χ1v) is 10.6. The normalized spacial score (nSPS) is 24.8. The number of carbonyl (C=O) groups excluding carboxylic acids is 1. The van der Waals surface area contributed by atoms with Crippen molar-refractivity contribution in [3.63, 3.8) is 0 Å². The first kappa shape index (κ1) is 18.9. The van der Waals surface area contributed by atoms with E-state index in [2.05, 4.69) is 28.2 Å². The van der Waals surface area contributed by atoms with E-state index in [0.29, 0.717) is 28.2 Å². The zero-order valence-corrected chi connectivity index (χ0v) is 17.6. The van der Waals surface area contributed by atoms with Crippen LogP contribution in [0.1, 0.15) is 48.9 Å². The zero-order valence-electron chi connectivity index (χ0n) is 15.2. The van der Waals surface area contributed by atoms with Crippen molar-refractivity contribution < 1.29 is 13.9 Å². The number of halogens is 2. The van der Waals surface area contributed by atoms with Gasteiger partial charge in [-0.15, -0.1) is 0 Å². The second-order valence-corrected chi connectivity index (χ2v) is 9.05. The molecule has 1 aromatic carbocycles. The summed E-state index contributed by atoms with van der Waals surface area (Å²) in [7, 11) is 0. The Hall–Kier alpha value is -1.46. The first-order valence-electron chi connectivity index (χ1n) is 9.47. The molecule has 2 aromatic rings. The Kier molecular flexibility index (Phi) is 5.51. The Bertz CT molecular complexity index is 837. The molecule has 0 saturated heterocycles. The van der Waals surface area contributed by atoms with E-state index in [1.165, 1.54) is 25.7 Å². The molecule has 0 spiro atoms. The Labute approximate surface area is 172 Å². The summed E-state index contributed by atoms with van der Waals surface area (Å²) in [5, 5.41) is 3.65. The van der Waals surface area contributed by atoms with Crippen LogP contribution < -0.4 is 10.1 Å². The van der Waals surface area contributed by atoms with Crippen molar-refractivity contribution in [2.75, 3.05) is 0 Å². The topological polar surface area (TPSA) is 51.5 Å². The summed E-state index contributed by atoms with van der Waals surface area (Å²) in [5.41, 5.74) is 0. The number of amides is 1. The van der Waals surface area contributed by atoms with Gasteiger partial charge in [0.05, 0.1) is 5.02 Å². The second kappa shape index (κ2) is 7.88. The largest absolute Gasteiger partial charge is 0.484 e. The molecule has 2 bridgehead atoms. The van der Waals surface area contributed by atoms with Gasteiger partial charge in [0.25, 0.3) is 5.91 Å². The molecule has 4 rings (SSSR count). The molecule has 144 valence electrons. The summed E-state index contributed by atoms with van der Waals surface area (Å²) in [6.45, 7) is 2.34. The van der Waals surface area contributed by atoms with E-state index >= 15 is 0 Å². The van der Waals surface area contributed by atoms with Gasteiger partial charge in [0.1, 0.15) is 18.1 Å². The number of fused-ring (bicyclic) bond motifs is 2. The molecule has 2 aliphatic rings. The summed E-state index contributed by atoms with van der Waals surface area (Å²) >= 11 is 9.51. The molecule has 0 radical (unpaired) electrons. The van der Waals surface area contributed by atoms with Gasteiger partial charge in [-0.05, 0) is 74.3 Å². The number of hydrogen-bond acceptors (Lipinski definition) is 3. The lowest BCUT2D eigenvalue weighted by molar-refractivity contribution is 0.0883. The first-order chi connectivity index (χ1) is 13.0. The maximum atomic E-state index is 12.5. The Morgan fingerprint density at radius 2 is 2.19 bits per heavy atom. The van der Waals surface area contributed by atoms with E-state index in [1.54, 1.807) is 24.3 Å². The molecule has 4 nitrogen and oxygen atoms in total. The van der Waals surface area contributed by atoms with E-state index in [-0.39, 0.29) is 18.6 Å². The van der Waals surface area contributed by atoms with Gasteiger partial charge < -0.3 is 14.5 Å². The van der Waals surface area contributed by atoms with Crippen molar-refractivity contribution >= 4 is 33.4 Å². The Balaban J connectivity index is 1.32. The van der Waals surface area contributed by atoms with Gasteiger partial charge in [0.2, 0.25) is 0 Å². The minimum Gasteiger partial charge on any atom is -0.484 e. The van der Waals surface area contributed by atoms with Gasteiger partial charge in [-0.3, -0.25) is 4.79 Å². The molecule has 4 unspecified atom stereocenters. The van der Waals surface area contributed by atoms with Crippen molar-refractivity contribution in [2.45, 2.75) is 45.3 Å². The second-order valence-electron chi connectivity index (χ2n) is 7.73. The lowest BCUT2D eigenvalue weighted by atomic mass is 9.84. The molecule has 1 aromatic heterocycles. The maximum absolute atomic E-state index is 12.5. The van der Waals surface area contributed by atoms with Crippen LogP contribution in [0, 0.1) is 17.8 Å². The molecule has 2 aliphatic carbocycles. The van der Waals surface area contributed by atoms with Crippen molar-refractivity contribution in [1.29, 1.82) is 0 Å². The molecular weight excluding hydrogens is 430 g/mol. The number of hydrogen-bond donors (Lipinski definition) is 1. The van der Waals surface area contributed by atoms with Crippen LogP contribution in [0.25, 0.3) is 0 Å². The number of nitrogens with one attached hydrogen (secondary N) is 1. The lowest BCUT2D eigenvalue weighted by Crippen LogP contribution is -2.40. The average Bonchev–Trinajstić information content (AvgIpc) is 3.37. The molecule has 2 saturated carbocycles. The molecule has 1 heterocycles. The van der Waals surface area contributed by atoms with E-state index in [1.807, 2.05) is 6.07 Å². The van der Waals surface area contributed by atoms with Crippen LogP contribution in [0.4, 0.5) is 0 Å². The molecule has 6 heteroatoms. The number of ether oxygens (including phenoxy) is 1. The number of benzene rings is 1. The van der Waals surface area contributed by atoms with Crippen molar-refractivity contribution in [3.8, 4) is 5.75 Å². The number of carbonyl (C=O) groups is 1. The smallest absolute Gasteiger partial charge is 0.287 e. The molecular formula is C21H23BrClNO3. The van der Waals surface area contributed by atoms with Crippen molar-refractivity contribution in [1.82, 2.24) is 5.32 Å². The summed E-state index contributed by atoms with van der Waals surface area (Å²) in [6, 6.07) is 9.07. The van der Waals surface area contributed by atoms with Crippen molar-refractivity contribution in [2.24, 2.45) is 17.8 Å². The Morgan fingerprint density at radius 3 is 2.89 bits per heavy atom. The SMILES string of the molecule is CC(NC(=O)c1ccc(COc2ccc(Br)cc2Cl)o1)C1CC2CCC1C2. The third-order valence-corrected chi connectivity index (χ3v) is 6.73. The molecule has 4 atom stereocenters. The zero-order chi connectivity index (χ0) is 19.0. The number of furan rings is 1. The van der Waals surface area contributed by atoms with Gasteiger partial charge in [-0.25, -0.2) is 0 Å². The van der Waals surface area contributed by atoms with Crippen LogP contribution in [0.2, 0.25) is 5.02 Å². The van der Waals surface area contributed by atoms with E-state index < -0.39 is 0 Å². The summed E-state index contributed by atoms with van der Waals surface area (Å²) in [5.74, 6) is 3.59. The molecule has 1 amide bonds. The van der Waals surface area contributed by atoms with Gasteiger partial charge in [-0.2, -0.15) is 0 Å². The summed E-state index contributed by atoms with van der Waals surface area (Å²) in [4.78, 5) is 12.5. The van der Waals surface area contributed by atoms with Gasteiger partial charge in [0, 0.05) is 10.5 Å². The Morgan fingerprint density at radius 1 is 1.33 bits per heavy atom. The fraction of sp³-hybridized carbons (Fsp3) is 0.476. The van der Waals surface area contributed by atoms with Crippen LogP contribution in [0.3, 0.4) is 0 Å². The van der Waals surface area contributed by atoms with Gasteiger partial charge >= 0.3 is 0 Å². The highest BCUT2D eigenvalue weighted by Gasteiger charge is 2.42. The van der Waals surface area contributed by atoms with E-state index in [9.17, 15) is 4.79 Å². The number of rotatable bonds is 6. The predicted molar refractivity (Wildman–Crippen MR) is 108 cm³/mol. The van der Waals surface area contributed by atoms with Gasteiger partial charge in [0.15, 0.2) is 5.76 Å². The minimum absolute atomic E-state index is 0.154. The van der Waals surface area contributed by atoms with Crippen LogP contribution in [-0.4, -0.2) is 11.9 Å². The van der Waals surface area contributed by atoms with Gasteiger partial charge in [-0.1, -0.05) is 34.0 Å². The molecule has 2 fully saturated rings. The predicted octanol–water partition coefficient (Wildman–Crippen LogP) is 5.83. The van der Waals surface area contributed by atoms with Crippen molar-refractivity contribution in [3.05, 3.63) is 51.3 Å². The highest BCUT2D eigenvalue weighted by atomic mass is 79.9. The third kappa shape index (κ3) is 4.19. The summed E-state index contributed by atoms with van der Waals surface area (Å²) < 4.78 is 12.2. The quantitative estimate of drug-likeness (QED) is 0.600. The van der Waals surface area contributed by atoms with E-state index in [0.717, 1.165) is 16.3 Å². The third-order valence-electron chi connectivity index (χ3n) is 5.94. The minimum atomic E-state index is -0.154. The highest BCUT2D eigenvalue weighted by molar-refractivity contribution is 9.10. The summed E-state index contributed by atoms with van der Waals surface area (Å²) in [6.07, 6.45) is 5.27. The lowest BCUT2D eigenvalue weighted by Gasteiger charge is -2.28. The molecule has 1 N–H and O–H groups in total. The molecule has 27 heavy (non-hydrogen) atoms. The van der Waals surface area contributed by atoms with E-state index in [4.69, 9.17) is 20.8 Å². The van der Waals surface area contributed by atoms with Crippen LogP contribution >= 0.6 is 27.5 Å². The molecule has 0 aliphatic heterocycles. The fourth-order valence-corrected chi connectivity index (χ4v) is 5.34. The highest BCUT2D eigenvalue weighted by Crippen LogP contribution is 2.49. The van der Waals surface area contributed by atoms with Crippen LogP contribution in [0.15, 0.2) is 39.2 Å². The monoisotopic (exact) mass is 451 g/mol. The fourth-order valence-electron chi connectivity index (χ4n) is 4.61. The maximum Gasteiger partial charge on any atom is 0.287 e. The standard InChI is InChI=1S/C21H23BrClNO3/c1-12(17-9-13-2-3-14(17)8-13)24-21(25)20-7-5-16(27-20)11-26-19-6-4-15(22)10-18(19)23/h4-7,10,12-14,17H,2-3,8-9,11H2,1H3,(H,24,25). The van der Waals surface area contributed by atoms with Crippen LogP contribution in [-0.2, 0) is 6.61 Å². The van der Waals surface area contributed by atoms with Crippen LogP contribution in [0.5, 0.6) is 5.75 Å². The average molecular weight is 453 g/mol.